The molecule has 1 aromatic heterocycles. The Morgan fingerprint density at radius 1 is 1.33 bits per heavy atom. The zero-order chi connectivity index (χ0) is 13.3. The summed E-state index contributed by atoms with van der Waals surface area (Å²) in [5.74, 6) is -0.232. The number of rotatable bonds is 2. The number of amides is 1. The molecule has 3 N–H and O–H groups in total. The van der Waals surface area contributed by atoms with Crippen LogP contribution in [0.4, 0.5) is 11.4 Å². The third-order valence-corrected chi connectivity index (χ3v) is 4.08. The lowest BCUT2D eigenvalue weighted by Gasteiger charge is -2.10. The number of anilines is 2. The van der Waals surface area contributed by atoms with Crippen LogP contribution in [0.5, 0.6) is 0 Å². The van der Waals surface area contributed by atoms with E-state index in [1.165, 1.54) is 11.3 Å². The predicted molar refractivity (Wildman–Crippen MR) is 77.6 cm³/mol. The maximum absolute atomic E-state index is 12.0. The molecule has 5 heteroatoms. The third kappa shape index (κ3) is 2.49. The first-order valence-corrected chi connectivity index (χ1v) is 6.66. The lowest BCUT2D eigenvalue weighted by molar-refractivity contribution is 0.103. The van der Waals surface area contributed by atoms with Crippen molar-refractivity contribution in [2.75, 3.05) is 11.1 Å². The van der Waals surface area contributed by atoms with Gasteiger partial charge in [0.25, 0.3) is 5.91 Å². The highest BCUT2D eigenvalue weighted by atomic mass is 35.5. The van der Waals surface area contributed by atoms with E-state index in [1.54, 1.807) is 11.4 Å². The molecule has 1 aromatic carbocycles. The van der Waals surface area contributed by atoms with Crippen molar-refractivity contribution in [2.45, 2.75) is 13.8 Å². The lowest BCUT2D eigenvalue weighted by atomic mass is 10.1. The Balaban J connectivity index is 2.28. The van der Waals surface area contributed by atoms with Gasteiger partial charge in [-0.2, -0.15) is 0 Å². The van der Waals surface area contributed by atoms with Crippen LogP contribution in [-0.2, 0) is 0 Å². The molecular weight excluding hydrogens is 268 g/mol. The normalized spacial score (nSPS) is 10.4. The van der Waals surface area contributed by atoms with E-state index in [2.05, 4.69) is 5.32 Å². The molecule has 0 aliphatic carbocycles. The van der Waals surface area contributed by atoms with E-state index in [9.17, 15) is 4.79 Å². The lowest BCUT2D eigenvalue weighted by Crippen LogP contribution is -2.12. The number of aryl methyl sites for hydroxylation is 2. The van der Waals surface area contributed by atoms with Gasteiger partial charge in [-0.1, -0.05) is 11.6 Å². The van der Waals surface area contributed by atoms with Gasteiger partial charge in [0.05, 0.1) is 16.4 Å². The topological polar surface area (TPSA) is 55.1 Å². The van der Waals surface area contributed by atoms with Crippen molar-refractivity contribution < 1.29 is 4.79 Å². The van der Waals surface area contributed by atoms with Crippen LogP contribution in [0.1, 0.15) is 20.8 Å². The molecule has 0 radical (unpaired) electrons. The van der Waals surface area contributed by atoms with E-state index in [-0.39, 0.29) is 5.91 Å². The number of hydrogen-bond acceptors (Lipinski definition) is 3. The number of nitrogen functional groups attached to an aromatic ring is 1. The van der Waals surface area contributed by atoms with E-state index in [0.29, 0.717) is 21.3 Å². The number of carbonyl (C=O) groups is 1. The van der Waals surface area contributed by atoms with E-state index < -0.39 is 0 Å². The van der Waals surface area contributed by atoms with Crippen LogP contribution < -0.4 is 11.1 Å². The Kier molecular flexibility index (Phi) is 3.59. The molecule has 2 aromatic rings. The van der Waals surface area contributed by atoms with Crippen LogP contribution in [-0.4, -0.2) is 5.91 Å². The summed E-state index contributed by atoms with van der Waals surface area (Å²) < 4.78 is 0. The second kappa shape index (κ2) is 5.00. The van der Waals surface area contributed by atoms with E-state index in [4.69, 9.17) is 17.3 Å². The van der Waals surface area contributed by atoms with Gasteiger partial charge in [-0.15, -0.1) is 11.3 Å². The third-order valence-electron chi connectivity index (χ3n) is 2.74. The van der Waals surface area contributed by atoms with Crippen molar-refractivity contribution >= 4 is 40.2 Å². The van der Waals surface area contributed by atoms with Gasteiger partial charge in [0.2, 0.25) is 0 Å². The van der Waals surface area contributed by atoms with Crippen molar-refractivity contribution in [1.29, 1.82) is 0 Å². The molecule has 0 bridgehead atoms. The molecule has 0 unspecified atom stereocenters. The van der Waals surface area contributed by atoms with Gasteiger partial charge in [-0.25, -0.2) is 0 Å². The average molecular weight is 281 g/mol. The molecule has 0 saturated heterocycles. The molecule has 0 atom stereocenters. The maximum Gasteiger partial charge on any atom is 0.267 e. The second-order valence-corrected chi connectivity index (χ2v) is 5.40. The van der Waals surface area contributed by atoms with Crippen LogP contribution in [0.25, 0.3) is 0 Å². The molecule has 1 heterocycles. The summed E-state index contributed by atoms with van der Waals surface area (Å²) >= 11 is 7.22. The van der Waals surface area contributed by atoms with Crippen LogP contribution in [0.15, 0.2) is 23.6 Å². The van der Waals surface area contributed by atoms with Crippen molar-refractivity contribution in [3.8, 4) is 0 Å². The van der Waals surface area contributed by atoms with Gasteiger partial charge in [0.1, 0.15) is 4.88 Å². The zero-order valence-electron chi connectivity index (χ0n) is 10.1. The van der Waals surface area contributed by atoms with Crippen LogP contribution in [0.2, 0.25) is 5.02 Å². The van der Waals surface area contributed by atoms with Gasteiger partial charge in [-0.05, 0) is 48.6 Å². The smallest absolute Gasteiger partial charge is 0.267 e. The maximum atomic E-state index is 12.0. The number of nitrogens with one attached hydrogen (secondary N) is 1. The van der Waals surface area contributed by atoms with Crippen molar-refractivity contribution in [1.82, 2.24) is 0 Å². The summed E-state index contributed by atoms with van der Waals surface area (Å²) in [5, 5.41) is 5.02. The molecule has 0 saturated carbocycles. The molecule has 18 heavy (non-hydrogen) atoms. The second-order valence-electron chi connectivity index (χ2n) is 4.08. The number of carbonyl (C=O) groups excluding carboxylic acids is 1. The number of nitrogens with two attached hydrogens (primary N) is 1. The SMILES string of the molecule is Cc1cc(N)c(NC(=O)c2sccc2Cl)cc1C. The summed E-state index contributed by atoms with van der Waals surface area (Å²) in [6.07, 6.45) is 0. The monoisotopic (exact) mass is 280 g/mol. The van der Waals surface area contributed by atoms with E-state index >= 15 is 0 Å². The van der Waals surface area contributed by atoms with Gasteiger partial charge in [0, 0.05) is 0 Å². The Morgan fingerprint density at radius 2 is 2.00 bits per heavy atom. The Labute approximate surface area is 115 Å². The highest BCUT2D eigenvalue weighted by Crippen LogP contribution is 2.26. The highest BCUT2D eigenvalue weighted by molar-refractivity contribution is 7.12. The summed E-state index contributed by atoms with van der Waals surface area (Å²) in [5.41, 5.74) is 9.24. The first kappa shape index (κ1) is 12.9. The first-order valence-electron chi connectivity index (χ1n) is 5.40. The largest absolute Gasteiger partial charge is 0.397 e. The molecule has 0 fully saturated rings. The number of hydrogen-bond donors (Lipinski definition) is 2. The summed E-state index contributed by atoms with van der Waals surface area (Å²) in [6, 6.07) is 5.41. The minimum Gasteiger partial charge on any atom is -0.397 e. The molecule has 1 amide bonds. The minimum absolute atomic E-state index is 0.232. The quantitative estimate of drug-likeness (QED) is 0.821. The van der Waals surface area contributed by atoms with Crippen molar-refractivity contribution in [2.24, 2.45) is 0 Å². The molecule has 2 rings (SSSR count). The van der Waals surface area contributed by atoms with Crippen LogP contribution >= 0.6 is 22.9 Å². The molecule has 0 spiro atoms. The minimum atomic E-state index is -0.232. The number of halogens is 1. The number of benzene rings is 1. The van der Waals surface area contributed by atoms with Gasteiger partial charge < -0.3 is 11.1 Å². The van der Waals surface area contributed by atoms with Crippen molar-refractivity contribution in [3.63, 3.8) is 0 Å². The average Bonchev–Trinajstić information content (AvgIpc) is 2.72. The van der Waals surface area contributed by atoms with Gasteiger partial charge in [0.15, 0.2) is 0 Å². The fourth-order valence-electron chi connectivity index (χ4n) is 1.58. The Morgan fingerprint density at radius 3 is 2.61 bits per heavy atom. The Bertz CT molecular complexity index is 607. The fourth-order valence-corrected chi connectivity index (χ4v) is 2.62. The molecule has 94 valence electrons. The molecule has 3 nitrogen and oxygen atoms in total. The Hall–Kier alpha value is -1.52. The predicted octanol–water partition coefficient (Wildman–Crippen LogP) is 3.85. The van der Waals surface area contributed by atoms with Crippen LogP contribution in [0.3, 0.4) is 0 Å². The molecule has 0 aliphatic rings. The summed E-state index contributed by atoms with van der Waals surface area (Å²) in [7, 11) is 0. The highest BCUT2D eigenvalue weighted by Gasteiger charge is 2.13. The molecular formula is C13H13ClN2OS. The van der Waals surface area contributed by atoms with E-state index in [1.807, 2.05) is 26.0 Å². The number of thiophene rings is 1. The fraction of sp³-hybridized carbons (Fsp3) is 0.154. The van der Waals surface area contributed by atoms with Gasteiger partial charge in [-0.3, -0.25) is 4.79 Å². The zero-order valence-corrected chi connectivity index (χ0v) is 11.7. The molecule has 0 aliphatic heterocycles. The van der Waals surface area contributed by atoms with E-state index in [0.717, 1.165) is 11.1 Å². The van der Waals surface area contributed by atoms with Gasteiger partial charge >= 0.3 is 0 Å². The standard InChI is InChI=1S/C13H13ClN2OS/c1-7-5-10(15)11(6-8(7)2)16-13(17)12-9(14)3-4-18-12/h3-6H,15H2,1-2H3,(H,16,17). The first-order chi connectivity index (χ1) is 8.49. The van der Waals surface area contributed by atoms with Crippen LogP contribution in [0, 0.1) is 13.8 Å². The summed E-state index contributed by atoms with van der Waals surface area (Å²) in [6.45, 7) is 3.95. The van der Waals surface area contributed by atoms with Crippen molar-refractivity contribution in [3.05, 3.63) is 44.6 Å². The summed E-state index contributed by atoms with van der Waals surface area (Å²) in [4.78, 5) is 12.5.